The van der Waals surface area contributed by atoms with E-state index in [4.69, 9.17) is 5.11 Å². The van der Waals surface area contributed by atoms with Gasteiger partial charge in [-0.3, -0.25) is 4.79 Å². The van der Waals surface area contributed by atoms with Gasteiger partial charge in [-0.1, -0.05) is 0 Å². The Morgan fingerprint density at radius 2 is 2.00 bits per heavy atom. The van der Waals surface area contributed by atoms with E-state index in [1.165, 1.54) is 36.5 Å². The molecule has 0 spiro atoms. The number of hydrogen-bond donors (Lipinski definition) is 2. The third-order valence-electron chi connectivity index (χ3n) is 2.66. The zero-order valence-corrected chi connectivity index (χ0v) is 10.6. The summed E-state index contributed by atoms with van der Waals surface area (Å²) in [6.07, 6.45) is 1.25. The number of aromatic carboxylic acids is 1. The molecule has 0 bridgehead atoms. The number of pyridine rings is 1. The average Bonchev–Trinajstić information content (AvgIpc) is 2.42. The zero-order chi connectivity index (χ0) is 14.7. The van der Waals surface area contributed by atoms with Crippen LogP contribution in [0.3, 0.4) is 0 Å². The number of nitrogens with one attached hydrogen (secondary N) is 1. The van der Waals surface area contributed by atoms with Gasteiger partial charge in [-0.05, 0) is 42.8 Å². The minimum atomic E-state index is -1.14. The van der Waals surface area contributed by atoms with Crippen LogP contribution in [0.5, 0.6) is 0 Å². The van der Waals surface area contributed by atoms with E-state index in [1.54, 1.807) is 6.92 Å². The summed E-state index contributed by atoms with van der Waals surface area (Å²) >= 11 is 0. The fourth-order valence-corrected chi connectivity index (χ4v) is 1.58. The van der Waals surface area contributed by atoms with Gasteiger partial charge in [-0.15, -0.1) is 0 Å². The largest absolute Gasteiger partial charge is 0.477 e. The molecule has 0 atom stereocenters. The molecule has 0 saturated heterocycles. The first-order valence-electron chi connectivity index (χ1n) is 5.74. The first kappa shape index (κ1) is 13.7. The molecule has 1 aromatic carbocycles. The van der Waals surface area contributed by atoms with Crippen LogP contribution >= 0.6 is 0 Å². The minimum absolute atomic E-state index is 0.111. The molecule has 0 radical (unpaired) electrons. The lowest BCUT2D eigenvalue weighted by molar-refractivity contribution is 0.0690. The smallest absolute Gasteiger partial charge is 0.354 e. The highest BCUT2D eigenvalue weighted by molar-refractivity contribution is 6.04. The van der Waals surface area contributed by atoms with E-state index in [2.05, 4.69) is 10.3 Å². The molecular formula is C14H11FN2O3. The Morgan fingerprint density at radius 1 is 1.25 bits per heavy atom. The molecule has 1 amide bonds. The van der Waals surface area contributed by atoms with E-state index < -0.39 is 11.9 Å². The molecule has 0 aliphatic heterocycles. The highest BCUT2D eigenvalue weighted by Gasteiger charge is 2.09. The number of halogens is 1. The number of carbonyl (C=O) groups is 2. The van der Waals surface area contributed by atoms with E-state index in [9.17, 15) is 14.0 Å². The molecule has 1 heterocycles. The van der Waals surface area contributed by atoms with Crippen molar-refractivity contribution in [3.8, 4) is 0 Å². The first-order chi connectivity index (χ1) is 9.47. The Hall–Kier alpha value is -2.76. The Morgan fingerprint density at radius 3 is 2.55 bits per heavy atom. The molecule has 102 valence electrons. The summed E-state index contributed by atoms with van der Waals surface area (Å²) in [6, 6.07) is 6.75. The summed E-state index contributed by atoms with van der Waals surface area (Å²) < 4.78 is 13.1. The van der Waals surface area contributed by atoms with E-state index >= 15 is 0 Å². The molecular weight excluding hydrogens is 263 g/mol. The number of hydrogen-bond acceptors (Lipinski definition) is 3. The minimum Gasteiger partial charge on any atom is -0.477 e. The van der Waals surface area contributed by atoms with Gasteiger partial charge in [0.1, 0.15) is 11.5 Å². The number of aryl methyl sites for hydroxylation is 1. The van der Waals surface area contributed by atoms with Gasteiger partial charge < -0.3 is 10.4 Å². The molecule has 0 aliphatic carbocycles. The summed E-state index contributed by atoms with van der Waals surface area (Å²) in [7, 11) is 0. The number of aromatic nitrogens is 1. The van der Waals surface area contributed by atoms with Crippen molar-refractivity contribution < 1.29 is 19.1 Å². The highest BCUT2D eigenvalue weighted by Crippen LogP contribution is 2.12. The number of anilines is 1. The SMILES string of the molecule is Cc1cc(C(=O)Nc2ccc(C(=O)O)nc2)ccc1F. The van der Waals surface area contributed by atoms with E-state index in [1.807, 2.05) is 0 Å². The van der Waals surface area contributed by atoms with Crippen molar-refractivity contribution in [3.05, 3.63) is 59.2 Å². The number of benzene rings is 1. The Balaban J connectivity index is 2.14. The molecule has 20 heavy (non-hydrogen) atoms. The third kappa shape index (κ3) is 2.97. The van der Waals surface area contributed by atoms with E-state index in [0.29, 0.717) is 16.8 Å². The van der Waals surface area contributed by atoms with Gasteiger partial charge in [-0.25, -0.2) is 14.2 Å². The van der Waals surface area contributed by atoms with Crippen LogP contribution in [0.1, 0.15) is 26.4 Å². The van der Waals surface area contributed by atoms with Crippen LogP contribution in [-0.2, 0) is 0 Å². The Kier molecular flexibility index (Phi) is 3.74. The fraction of sp³-hybridized carbons (Fsp3) is 0.0714. The van der Waals surface area contributed by atoms with Crippen molar-refractivity contribution in [2.75, 3.05) is 5.32 Å². The van der Waals surface area contributed by atoms with Crippen molar-refractivity contribution in [1.82, 2.24) is 4.98 Å². The summed E-state index contributed by atoms with van der Waals surface area (Å²) in [4.78, 5) is 26.2. The number of nitrogens with zero attached hydrogens (tertiary/aromatic N) is 1. The number of carbonyl (C=O) groups excluding carboxylic acids is 1. The Labute approximate surface area is 114 Å². The number of amides is 1. The van der Waals surface area contributed by atoms with E-state index in [0.717, 1.165) is 0 Å². The molecule has 5 nitrogen and oxygen atoms in total. The van der Waals surface area contributed by atoms with Crippen molar-refractivity contribution in [2.45, 2.75) is 6.92 Å². The lowest BCUT2D eigenvalue weighted by Crippen LogP contribution is -2.13. The quantitative estimate of drug-likeness (QED) is 0.901. The molecule has 0 saturated carbocycles. The van der Waals surface area contributed by atoms with Crippen LogP contribution in [0.15, 0.2) is 36.5 Å². The molecule has 0 unspecified atom stereocenters. The summed E-state index contributed by atoms with van der Waals surface area (Å²) in [5, 5.41) is 11.3. The maximum atomic E-state index is 13.1. The predicted molar refractivity (Wildman–Crippen MR) is 70.3 cm³/mol. The van der Waals surface area contributed by atoms with Gasteiger partial charge in [0.25, 0.3) is 5.91 Å². The van der Waals surface area contributed by atoms with Crippen LogP contribution in [-0.4, -0.2) is 22.0 Å². The van der Waals surface area contributed by atoms with Crippen molar-refractivity contribution in [1.29, 1.82) is 0 Å². The second-order valence-corrected chi connectivity index (χ2v) is 4.16. The summed E-state index contributed by atoms with van der Waals surface area (Å²) in [6.45, 7) is 1.56. The maximum absolute atomic E-state index is 13.1. The monoisotopic (exact) mass is 274 g/mol. The standard InChI is InChI=1S/C14H11FN2O3/c1-8-6-9(2-4-11(8)15)13(18)17-10-3-5-12(14(19)20)16-7-10/h2-7H,1H3,(H,17,18)(H,19,20). The maximum Gasteiger partial charge on any atom is 0.354 e. The van der Waals surface area contributed by atoms with Crippen LogP contribution in [0.2, 0.25) is 0 Å². The second-order valence-electron chi connectivity index (χ2n) is 4.16. The van der Waals surface area contributed by atoms with Crippen molar-refractivity contribution in [2.24, 2.45) is 0 Å². The van der Waals surface area contributed by atoms with Gasteiger partial charge in [0.15, 0.2) is 0 Å². The lowest BCUT2D eigenvalue weighted by Gasteiger charge is -2.06. The van der Waals surface area contributed by atoms with Gasteiger partial charge in [0.2, 0.25) is 0 Å². The zero-order valence-electron chi connectivity index (χ0n) is 10.6. The van der Waals surface area contributed by atoms with Crippen LogP contribution < -0.4 is 5.32 Å². The first-order valence-corrected chi connectivity index (χ1v) is 5.74. The van der Waals surface area contributed by atoms with Crippen molar-refractivity contribution in [3.63, 3.8) is 0 Å². The van der Waals surface area contributed by atoms with Gasteiger partial charge in [-0.2, -0.15) is 0 Å². The van der Waals surface area contributed by atoms with E-state index in [-0.39, 0.29) is 11.5 Å². The fourth-order valence-electron chi connectivity index (χ4n) is 1.58. The molecule has 0 fully saturated rings. The normalized spacial score (nSPS) is 10.1. The van der Waals surface area contributed by atoms with Crippen LogP contribution in [0.25, 0.3) is 0 Å². The molecule has 1 aromatic heterocycles. The number of rotatable bonds is 3. The second kappa shape index (κ2) is 5.48. The molecule has 2 aromatic rings. The van der Waals surface area contributed by atoms with Gasteiger partial charge >= 0.3 is 5.97 Å². The number of carboxylic acids is 1. The predicted octanol–water partition coefficient (Wildman–Crippen LogP) is 2.48. The van der Waals surface area contributed by atoms with Crippen LogP contribution in [0.4, 0.5) is 10.1 Å². The number of carboxylic acid groups (broad SMARTS) is 1. The van der Waals surface area contributed by atoms with Crippen molar-refractivity contribution >= 4 is 17.6 Å². The van der Waals surface area contributed by atoms with Crippen LogP contribution in [0, 0.1) is 12.7 Å². The summed E-state index contributed by atoms with van der Waals surface area (Å²) in [5.74, 6) is -1.94. The third-order valence-corrected chi connectivity index (χ3v) is 2.66. The topological polar surface area (TPSA) is 79.3 Å². The Bertz CT molecular complexity index is 669. The van der Waals surface area contributed by atoms with Gasteiger partial charge in [0.05, 0.1) is 11.9 Å². The average molecular weight is 274 g/mol. The molecule has 6 heteroatoms. The summed E-state index contributed by atoms with van der Waals surface area (Å²) in [5.41, 5.74) is 0.936. The highest BCUT2D eigenvalue weighted by atomic mass is 19.1. The lowest BCUT2D eigenvalue weighted by atomic mass is 10.1. The molecule has 2 N–H and O–H groups in total. The molecule has 2 rings (SSSR count). The van der Waals surface area contributed by atoms with Gasteiger partial charge in [0, 0.05) is 5.56 Å². The molecule has 0 aliphatic rings.